The molecule has 0 saturated carbocycles. The monoisotopic (exact) mass is 559 g/mol. The summed E-state index contributed by atoms with van der Waals surface area (Å²) in [6.07, 6.45) is 5.86. The van der Waals surface area contributed by atoms with E-state index in [0.29, 0.717) is 0 Å². The zero-order valence-electron chi connectivity index (χ0n) is 12.5. The van der Waals surface area contributed by atoms with Crippen LogP contribution < -0.4 is 0 Å². The molecule has 5 nitrogen and oxygen atoms in total. The highest BCUT2D eigenvalue weighted by molar-refractivity contribution is 14.2. The summed E-state index contributed by atoms with van der Waals surface area (Å²) in [7, 11) is 3.13. The molecule has 0 N–H and O–H groups in total. The summed E-state index contributed by atoms with van der Waals surface area (Å²) in [5, 5.41) is 4.42. The minimum Gasteiger partial charge on any atom is -0.264 e. The van der Waals surface area contributed by atoms with E-state index in [1.807, 2.05) is 41.2 Å². The lowest BCUT2D eigenvalue weighted by molar-refractivity contribution is 0.986. The molecule has 3 aromatic rings. The van der Waals surface area contributed by atoms with Crippen molar-refractivity contribution in [2.75, 3.05) is 0 Å². The molecule has 0 spiro atoms. The number of aryl methyl sites for hydroxylation is 2. The van der Waals surface area contributed by atoms with Gasteiger partial charge in [0.2, 0.25) is 0 Å². The highest BCUT2D eigenvalue weighted by Crippen LogP contribution is 2.29. The molecule has 0 saturated heterocycles. The van der Waals surface area contributed by atoms with Gasteiger partial charge in [-0.3, -0.25) is 3.97 Å². The fraction of sp³-hybridized carbons (Fsp3) is 0.308. The van der Waals surface area contributed by atoms with Gasteiger partial charge >= 0.3 is 0 Å². The van der Waals surface area contributed by atoms with Gasteiger partial charge in [-0.1, -0.05) is 13.8 Å². The van der Waals surface area contributed by atoms with Crippen molar-refractivity contribution in [2.24, 2.45) is 0 Å². The zero-order valence-corrected chi connectivity index (χ0v) is 18.5. The van der Waals surface area contributed by atoms with Gasteiger partial charge in [-0.25, -0.2) is 14.1 Å². The molecule has 0 aromatic carbocycles. The van der Waals surface area contributed by atoms with E-state index in [0.717, 1.165) is 33.7 Å². The lowest BCUT2D eigenvalue weighted by atomic mass is 10.2. The lowest BCUT2D eigenvalue weighted by Crippen LogP contribution is -1.90. The van der Waals surface area contributed by atoms with Crippen LogP contribution in [0.5, 0.6) is 0 Å². The van der Waals surface area contributed by atoms with Crippen LogP contribution in [0.3, 0.4) is 0 Å². The third-order valence-corrected chi connectivity index (χ3v) is 6.18. The molecule has 0 radical (unpaired) electrons. The first-order valence-electron chi connectivity index (χ1n) is 6.63. The number of fused-ring (bicyclic) bond motifs is 1. The molecule has 3 heterocycles. The first-order chi connectivity index (χ1) is 10.6. The van der Waals surface area contributed by atoms with Crippen molar-refractivity contribution in [2.45, 2.75) is 27.7 Å². The van der Waals surface area contributed by atoms with Crippen molar-refractivity contribution >= 4 is 71.8 Å². The maximum absolute atomic E-state index is 4.76. The third-order valence-electron chi connectivity index (χ3n) is 2.95. The van der Waals surface area contributed by atoms with Gasteiger partial charge < -0.3 is 0 Å². The molecular weight excluding hydrogens is 544 g/mol. The van der Waals surface area contributed by atoms with Gasteiger partial charge in [-0.05, 0) is 19.4 Å². The minimum absolute atomic E-state index is 0.867. The van der Waals surface area contributed by atoms with Gasteiger partial charge in [-0.15, -0.1) is 0 Å². The Morgan fingerprint density at radius 1 is 1.09 bits per heavy atom. The molecule has 22 heavy (non-hydrogen) atoms. The number of hydrogen-bond donors (Lipinski definition) is 0. The Labute approximate surface area is 162 Å². The van der Waals surface area contributed by atoms with Crippen LogP contribution in [0, 0.1) is 13.8 Å². The predicted molar refractivity (Wildman–Crippen MR) is 114 cm³/mol. The fourth-order valence-electron chi connectivity index (χ4n) is 2.01. The minimum atomic E-state index is 0.867. The van der Waals surface area contributed by atoms with Gasteiger partial charge in [-0.2, -0.15) is 5.10 Å². The van der Waals surface area contributed by atoms with Crippen molar-refractivity contribution in [3.05, 3.63) is 29.8 Å². The fourth-order valence-corrected chi connectivity index (χ4v) is 4.21. The summed E-state index contributed by atoms with van der Waals surface area (Å²) in [5.74, 6) is 0. The van der Waals surface area contributed by atoms with Gasteiger partial charge in [0, 0.05) is 78.6 Å². The quantitative estimate of drug-likeness (QED) is 0.390. The summed E-state index contributed by atoms with van der Waals surface area (Å²) in [5.41, 5.74) is 5.83. The van der Waals surface area contributed by atoms with Crippen molar-refractivity contribution in [1.82, 2.24) is 23.1 Å². The Morgan fingerprint density at radius 3 is 2.41 bits per heavy atom. The maximum atomic E-state index is 4.76. The smallest absolute Gasteiger partial charge is 0.169 e. The van der Waals surface area contributed by atoms with E-state index in [1.165, 1.54) is 9.12 Å². The number of rotatable bonds is 3. The van der Waals surface area contributed by atoms with E-state index >= 15 is 0 Å². The highest BCUT2D eigenvalue weighted by Gasteiger charge is 2.13. The van der Waals surface area contributed by atoms with Crippen LogP contribution in [0.4, 0.5) is 0 Å². The van der Waals surface area contributed by atoms with Crippen molar-refractivity contribution in [3.63, 3.8) is 0 Å². The Bertz CT molecular complexity index is 784. The van der Waals surface area contributed by atoms with Gasteiger partial charge in [0.15, 0.2) is 5.65 Å². The largest absolute Gasteiger partial charge is 0.264 e. The molecule has 3 aromatic heterocycles. The van der Waals surface area contributed by atoms with Gasteiger partial charge in [0.25, 0.3) is 0 Å². The molecule has 9 heteroatoms. The van der Waals surface area contributed by atoms with Crippen molar-refractivity contribution in [3.8, 4) is 11.3 Å². The van der Waals surface area contributed by atoms with Crippen molar-refractivity contribution in [1.29, 1.82) is 0 Å². The zero-order chi connectivity index (χ0) is 16.3. The van der Waals surface area contributed by atoms with Crippen LogP contribution in [-0.2, 0) is 0 Å². The number of halogens is 2. The molecule has 0 unspecified atom stereocenters. The molecule has 118 valence electrons. The van der Waals surface area contributed by atoms with E-state index in [1.54, 1.807) is 9.12 Å². The van der Waals surface area contributed by atoms with E-state index in [4.69, 9.17) is 4.98 Å². The molecule has 3 rings (SSSR count). The van der Waals surface area contributed by atoms with Crippen LogP contribution in [0.1, 0.15) is 25.1 Å². The van der Waals surface area contributed by atoms with E-state index in [2.05, 4.69) is 65.6 Å². The van der Waals surface area contributed by atoms with Crippen LogP contribution >= 0.6 is 60.6 Å². The molecule has 0 aliphatic rings. The van der Waals surface area contributed by atoms with Crippen LogP contribution in [-0.4, -0.2) is 23.1 Å². The number of nitrogens with zero attached hydrogens (tertiary/aromatic N) is 5. The predicted octanol–water partition coefficient (Wildman–Crippen LogP) is 5.63. The first-order valence-corrected chi connectivity index (χ1v) is 13.3. The normalized spacial score (nSPS) is 10.6. The number of aromatic nitrogens is 5. The summed E-state index contributed by atoms with van der Waals surface area (Å²) in [4.78, 5) is 9.31. The molecule has 0 aliphatic carbocycles. The second-order valence-electron chi connectivity index (χ2n) is 4.23. The SMILES string of the molecule is CC.Cc1nn(SI)cc1-c1cnc2c(n1)c(C)cn2SI. The Morgan fingerprint density at radius 2 is 1.82 bits per heavy atom. The molecule has 0 atom stereocenters. The third kappa shape index (κ3) is 3.56. The summed E-state index contributed by atoms with van der Waals surface area (Å²) >= 11 is 4.45. The highest BCUT2D eigenvalue weighted by atomic mass is 127. The Hall–Kier alpha value is -0.0100. The van der Waals surface area contributed by atoms with Gasteiger partial charge in [0.1, 0.15) is 5.52 Å². The first kappa shape index (κ1) is 18.3. The Balaban J connectivity index is 0.000000847. The molecule has 0 aliphatic heterocycles. The summed E-state index contributed by atoms with van der Waals surface area (Å²) < 4.78 is 3.86. The second kappa shape index (κ2) is 8.20. The molecule has 0 bridgehead atoms. The summed E-state index contributed by atoms with van der Waals surface area (Å²) in [6.45, 7) is 8.05. The summed E-state index contributed by atoms with van der Waals surface area (Å²) in [6, 6.07) is 0. The average molecular weight is 559 g/mol. The Kier molecular flexibility index (Phi) is 6.83. The van der Waals surface area contributed by atoms with Gasteiger partial charge in [0.05, 0.1) is 17.6 Å². The topological polar surface area (TPSA) is 48.5 Å². The average Bonchev–Trinajstić information content (AvgIpc) is 3.09. The number of hydrogen-bond acceptors (Lipinski definition) is 5. The lowest BCUT2D eigenvalue weighted by Gasteiger charge is -2.00. The molecule has 0 fully saturated rings. The molecular formula is C13H15I2N5S2. The van der Waals surface area contributed by atoms with Crippen LogP contribution in [0.2, 0.25) is 0 Å². The van der Waals surface area contributed by atoms with E-state index < -0.39 is 0 Å². The molecule has 0 amide bonds. The second-order valence-corrected chi connectivity index (χ2v) is 7.64. The van der Waals surface area contributed by atoms with E-state index in [9.17, 15) is 0 Å². The van der Waals surface area contributed by atoms with Crippen molar-refractivity contribution < 1.29 is 0 Å². The van der Waals surface area contributed by atoms with Crippen LogP contribution in [0.25, 0.3) is 22.4 Å². The van der Waals surface area contributed by atoms with E-state index in [-0.39, 0.29) is 0 Å². The van der Waals surface area contributed by atoms with Crippen LogP contribution in [0.15, 0.2) is 18.6 Å². The standard InChI is InChI=1S/C11H9I2N5S2.C2H6/c1-6-4-17(19-12)11-10(6)15-9(3-14-11)8-5-18(20-13)16-7(8)2;1-2/h3-5H,1-2H3;1-2H3. The maximum Gasteiger partial charge on any atom is 0.169 e.